The molecule has 0 aliphatic rings. The number of rotatable bonds is 2. The Morgan fingerprint density at radius 1 is 1.00 bits per heavy atom. The number of aromatic amines is 1. The van der Waals surface area contributed by atoms with Gasteiger partial charge in [-0.2, -0.15) is 0 Å². The Morgan fingerprint density at radius 2 is 1.48 bits per heavy atom. The molecule has 0 spiro atoms. The van der Waals surface area contributed by atoms with Crippen LogP contribution in [0.25, 0.3) is 0 Å². The molecule has 0 amide bonds. The van der Waals surface area contributed by atoms with Crippen molar-refractivity contribution in [2.45, 2.75) is 86.9 Å². The van der Waals surface area contributed by atoms with Gasteiger partial charge >= 0.3 is 0 Å². The van der Waals surface area contributed by atoms with Gasteiger partial charge in [0.2, 0.25) is 0 Å². The lowest BCUT2D eigenvalue weighted by Crippen LogP contribution is -2.35. The summed E-state index contributed by atoms with van der Waals surface area (Å²) in [7, 11) is 0. The molecule has 0 saturated carbocycles. The second-order valence-corrected chi connectivity index (χ2v) is 11.6. The fourth-order valence-corrected chi connectivity index (χ4v) is 3.53. The van der Waals surface area contributed by atoms with E-state index in [2.05, 4.69) is 56.8 Å². The maximum Gasteiger partial charge on any atom is 0.158 e. The third-order valence-corrected chi connectivity index (χ3v) is 5.23. The highest BCUT2D eigenvalue weighted by atomic mass is 32.1. The van der Waals surface area contributed by atoms with Crippen LogP contribution >= 0.6 is 34.9 Å². The Hall–Kier alpha value is -0.640. The summed E-state index contributed by atoms with van der Waals surface area (Å²) in [5, 5.41) is 4.61. The maximum atomic E-state index is 5.35. The number of hydrogen-bond donors (Lipinski definition) is 3. The SMILES string of the molecule is CC(C)(C)N.Cc1[nH]c(=S)sc1C.Cc1nc(CNC(C)(C)C)sc1C.O. The third kappa shape index (κ3) is 16.1. The Bertz CT molecular complexity index is 671. The second-order valence-electron chi connectivity index (χ2n) is 8.41. The smallest absolute Gasteiger partial charge is 0.158 e. The molecule has 6 N–H and O–H groups in total. The number of aryl methyl sites for hydroxylation is 4. The summed E-state index contributed by atoms with van der Waals surface area (Å²) in [6.45, 7) is 21.5. The number of hydrogen-bond acceptors (Lipinski definition) is 6. The molecule has 5 nitrogen and oxygen atoms in total. The largest absolute Gasteiger partial charge is 0.412 e. The molecular formula is C19H38N4OS3. The zero-order chi connectivity index (χ0) is 20.7. The van der Waals surface area contributed by atoms with E-state index < -0.39 is 0 Å². The first-order valence-electron chi connectivity index (χ1n) is 8.71. The van der Waals surface area contributed by atoms with E-state index in [-0.39, 0.29) is 16.6 Å². The van der Waals surface area contributed by atoms with E-state index in [0.717, 1.165) is 16.2 Å². The van der Waals surface area contributed by atoms with Gasteiger partial charge in [-0.3, -0.25) is 0 Å². The molecule has 0 atom stereocenters. The number of nitrogens with one attached hydrogen (secondary N) is 2. The van der Waals surface area contributed by atoms with Crippen molar-refractivity contribution in [3.8, 4) is 0 Å². The van der Waals surface area contributed by atoms with Crippen molar-refractivity contribution < 1.29 is 5.48 Å². The van der Waals surface area contributed by atoms with Gasteiger partial charge in [0.1, 0.15) is 5.01 Å². The van der Waals surface area contributed by atoms with Gasteiger partial charge in [-0.25, -0.2) is 4.98 Å². The molecule has 0 aromatic carbocycles. The van der Waals surface area contributed by atoms with E-state index in [0.29, 0.717) is 0 Å². The Balaban J connectivity index is 0. The van der Waals surface area contributed by atoms with Gasteiger partial charge in [0, 0.05) is 33.1 Å². The van der Waals surface area contributed by atoms with Crippen molar-refractivity contribution in [3.05, 3.63) is 30.1 Å². The summed E-state index contributed by atoms with van der Waals surface area (Å²) < 4.78 is 0.875. The molecular weight excluding hydrogens is 396 g/mol. The van der Waals surface area contributed by atoms with E-state index >= 15 is 0 Å². The lowest BCUT2D eigenvalue weighted by atomic mass is 10.1. The molecule has 27 heavy (non-hydrogen) atoms. The molecule has 0 bridgehead atoms. The molecule has 0 saturated heterocycles. The monoisotopic (exact) mass is 434 g/mol. The highest BCUT2D eigenvalue weighted by Crippen LogP contribution is 2.16. The molecule has 2 rings (SSSR count). The van der Waals surface area contributed by atoms with Crippen LogP contribution in [0.15, 0.2) is 0 Å². The molecule has 0 aliphatic carbocycles. The minimum Gasteiger partial charge on any atom is -0.412 e. The van der Waals surface area contributed by atoms with Gasteiger partial charge in [-0.05, 0) is 81.5 Å². The maximum absolute atomic E-state index is 5.35. The minimum absolute atomic E-state index is 0. The van der Waals surface area contributed by atoms with Crippen LogP contribution in [-0.4, -0.2) is 26.5 Å². The van der Waals surface area contributed by atoms with Gasteiger partial charge < -0.3 is 21.5 Å². The van der Waals surface area contributed by atoms with Crippen molar-refractivity contribution in [1.82, 2.24) is 15.3 Å². The number of nitrogens with zero attached hydrogens (tertiary/aromatic N) is 1. The van der Waals surface area contributed by atoms with Crippen molar-refractivity contribution in [2.24, 2.45) is 5.73 Å². The quantitative estimate of drug-likeness (QED) is 0.580. The molecule has 2 aromatic heterocycles. The van der Waals surface area contributed by atoms with Crippen molar-refractivity contribution in [2.75, 3.05) is 0 Å². The summed E-state index contributed by atoms with van der Waals surface area (Å²) in [4.78, 5) is 10.1. The van der Waals surface area contributed by atoms with Crippen LogP contribution in [0.5, 0.6) is 0 Å². The zero-order valence-corrected chi connectivity index (χ0v) is 20.9. The molecule has 0 aliphatic heterocycles. The van der Waals surface area contributed by atoms with Gasteiger partial charge in [0.15, 0.2) is 3.95 Å². The Morgan fingerprint density at radius 3 is 1.70 bits per heavy atom. The first kappa shape index (κ1) is 28.6. The average Bonchev–Trinajstić information content (AvgIpc) is 2.88. The van der Waals surface area contributed by atoms with Crippen LogP contribution in [0.2, 0.25) is 0 Å². The minimum atomic E-state index is 0. The first-order valence-corrected chi connectivity index (χ1v) is 10.8. The Labute approximate surface area is 178 Å². The molecule has 0 unspecified atom stereocenters. The highest BCUT2D eigenvalue weighted by Gasteiger charge is 2.10. The van der Waals surface area contributed by atoms with E-state index in [9.17, 15) is 0 Å². The number of nitrogens with two attached hydrogens (primary N) is 1. The van der Waals surface area contributed by atoms with Gasteiger partial charge in [-0.15, -0.1) is 22.7 Å². The zero-order valence-electron chi connectivity index (χ0n) is 18.5. The summed E-state index contributed by atoms with van der Waals surface area (Å²) >= 11 is 8.29. The predicted octanol–water partition coefficient (Wildman–Crippen LogP) is 4.99. The van der Waals surface area contributed by atoms with Gasteiger partial charge in [0.05, 0.1) is 5.69 Å². The van der Waals surface area contributed by atoms with Crippen molar-refractivity contribution in [1.29, 1.82) is 0 Å². The molecule has 2 aromatic rings. The molecule has 0 radical (unpaired) electrons. The van der Waals surface area contributed by atoms with Crippen LogP contribution < -0.4 is 11.1 Å². The molecule has 0 fully saturated rings. The third-order valence-electron chi connectivity index (χ3n) is 2.91. The summed E-state index contributed by atoms with van der Waals surface area (Å²) in [6.07, 6.45) is 0. The molecule has 2 heterocycles. The first-order chi connectivity index (χ1) is 11.6. The van der Waals surface area contributed by atoms with Crippen LogP contribution in [0, 0.1) is 31.6 Å². The Kier molecular flexibility index (Phi) is 12.7. The summed E-state index contributed by atoms with van der Waals surface area (Å²) in [5.41, 5.74) is 7.89. The van der Waals surface area contributed by atoms with E-state index in [1.807, 2.05) is 27.7 Å². The number of aromatic nitrogens is 2. The van der Waals surface area contributed by atoms with E-state index in [4.69, 9.17) is 18.0 Å². The summed E-state index contributed by atoms with van der Waals surface area (Å²) in [6, 6.07) is 0. The fraction of sp³-hybridized carbons (Fsp3) is 0.684. The predicted molar refractivity (Wildman–Crippen MR) is 125 cm³/mol. The number of H-pyrrole nitrogens is 1. The van der Waals surface area contributed by atoms with E-state index in [1.54, 1.807) is 22.7 Å². The topological polar surface area (TPSA) is 98.2 Å². The summed E-state index contributed by atoms with van der Waals surface area (Å²) in [5.74, 6) is 0. The van der Waals surface area contributed by atoms with Crippen molar-refractivity contribution >= 4 is 34.9 Å². The van der Waals surface area contributed by atoms with Crippen LogP contribution in [0.3, 0.4) is 0 Å². The van der Waals surface area contributed by atoms with Crippen LogP contribution in [0.4, 0.5) is 0 Å². The van der Waals surface area contributed by atoms with Crippen LogP contribution in [-0.2, 0) is 6.54 Å². The molecule has 158 valence electrons. The average molecular weight is 435 g/mol. The number of thiazole rings is 2. The lowest BCUT2D eigenvalue weighted by Gasteiger charge is -2.19. The molecule has 8 heteroatoms. The van der Waals surface area contributed by atoms with Crippen molar-refractivity contribution in [3.63, 3.8) is 0 Å². The fourth-order valence-electron chi connectivity index (χ4n) is 1.44. The highest BCUT2D eigenvalue weighted by molar-refractivity contribution is 7.73. The van der Waals surface area contributed by atoms with Gasteiger partial charge in [-0.1, -0.05) is 0 Å². The van der Waals surface area contributed by atoms with Crippen LogP contribution in [0.1, 0.15) is 67.7 Å². The lowest BCUT2D eigenvalue weighted by molar-refractivity contribution is 0.423. The standard InChI is InChI=1S/C10H18N2S.C5H7NS2.C4H11N.H2O/c1-7-8(2)13-9(12-7)6-11-10(3,4)5;1-3-4(2)8-5(7)6-3;1-4(2,3)5;/h11H,6H2,1-5H3;1-2H3,(H,6,7);5H2,1-3H3;1H2. The second kappa shape index (κ2) is 12.0. The van der Waals surface area contributed by atoms with E-state index in [1.165, 1.54) is 20.5 Å². The normalized spacial score (nSPS) is 10.9. The van der Waals surface area contributed by atoms with Gasteiger partial charge in [0.25, 0.3) is 0 Å².